The fraction of sp³-hybridized carbons (Fsp3) is 0.154. The lowest BCUT2D eigenvalue weighted by atomic mass is 10.2. The van der Waals surface area contributed by atoms with Crippen LogP contribution in [-0.2, 0) is 9.53 Å². The van der Waals surface area contributed by atoms with Crippen molar-refractivity contribution in [3.05, 3.63) is 48.2 Å². The largest absolute Gasteiger partial charge is 0.447 e. The van der Waals surface area contributed by atoms with Crippen molar-refractivity contribution in [2.75, 3.05) is 13.2 Å². The SMILES string of the molecule is O=C(/C=C/N1CCOC1=O)NC(=O)c1ccccc1. The summed E-state index contributed by atoms with van der Waals surface area (Å²) in [5, 5.41) is 2.19. The average Bonchev–Trinajstić information content (AvgIpc) is 2.83. The first-order chi connectivity index (χ1) is 9.16. The van der Waals surface area contributed by atoms with Crippen molar-refractivity contribution in [2.45, 2.75) is 0 Å². The average molecular weight is 260 g/mol. The molecular formula is C13H12N2O4. The second-order valence-electron chi connectivity index (χ2n) is 3.81. The lowest BCUT2D eigenvalue weighted by Gasteiger charge is -2.05. The van der Waals surface area contributed by atoms with Crippen LogP contribution < -0.4 is 5.32 Å². The summed E-state index contributed by atoms with van der Waals surface area (Å²) in [5.41, 5.74) is 0.393. The third-order valence-electron chi connectivity index (χ3n) is 2.47. The molecule has 3 amide bonds. The summed E-state index contributed by atoms with van der Waals surface area (Å²) in [6.45, 7) is 0.697. The Kier molecular flexibility index (Phi) is 3.92. The highest BCUT2D eigenvalue weighted by Crippen LogP contribution is 2.03. The van der Waals surface area contributed by atoms with Crippen LogP contribution in [0.25, 0.3) is 0 Å². The molecule has 0 spiro atoms. The number of cyclic esters (lactones) is 1. The minimum Gasteiger partial charge on any atom is -0.447 e. The van der Waals surface area contributed by atoms with Gasteiger partial charge in [-0.25, -0.2) is 4.79 Å². The maximum Gasteiger partial charge on any atom is 0.413 e. The molecule has 1 N–H and O–H groups in total. The van der Waals surface area contributed by atoms with Crippen LogP contribution in [0, 0.1) is 0 Å². The molecule has 0 saturated carbocycles. The number of rotatable bonds is 3. The summed E-state index contributed by atoms with van der Waals surface area (Å²) in [7, 11) is 0. The van der Waals surface area contributed by atoms with Gasteiger partial charge in [0.2, 0.25) is 0 Å². The van der Waals surface area contributed by atoms with Crippen LogP contribution in [0.4, 0.5) is 4.79 Å². The van der Waals surface area contributed by atoms with Gasteiger partial charge in [-0.1, -0.05) is 18.2 Å². The first kappa shape index (κ1) is 12.8. The summed E-state index contributed by atoms with van der Waals surface area (Å²) in [6.07, 6.45) is 1.91. The second-order valence-corrected chi connectivity index (χ2v) is 3.81. The van der Waals surface area contributed by atoms with Gasteiger partial charge in [0, 0.05) is 17.8 Å². The summed E-state index contributed by atoms with van der Waals surface area (Å²) in [4.78, 5) is 35.5. The van der Waals surface area contributed by atoms with Crippen LogP contribution in [0.2, 0.25) is 0 Å². The molecule has 0 atom stereocenters. The maximum absolute atomic E-state index is 11.6. The number of carbonyl (C=O) groups is 3. The first-order valence-corrected chi connectivity index (χ1v) is 5.69. The molecule has 1 aliphatic rings. The number of nitrogens with zero attached hydrogens (tertiary/aromatic N) is 1. The van der Waals surface area contributed by atoms with E-state index in [2.05, 4.69) is 10.1 Å². The van der Waals surface area contributed by atoms with Crippen LogP contribution in [0.15, 0.2) is 42.6 Å². The fourth-order valence-corrected chi connectivity index (χ4v) is 1.51. The minimum atomic E-state index is -0.589. The smallest absolute Gasteiger partial charge is 0.413 e. The zero-order valence-electron chi connectivity index (χ0n) is 10.0. The molecule has 0 bridgehead atoms. The first-order valence-electron chi connectivity index (χ1n) is 5.69. The Morgan fingerprint density at radius 2 is 2.00 bits per heavy atom. The quantitative estimate of drug-likeness (QED) is 0.819. The maximum atomic E-state index is 11.6. The predicted molar refractivity (Wildman–Crippen MR) is 66.1 cm³/mol. The fourth-order valence-electron chi connectivity index (χ4n) is 1.51. The zero-order valence-corrected chi connectivity index (χ0v) is 10.0. The highest BCUT2D eigenvalue weighted by Gasteiger charge is 2.19. The Morgan fingerprint density at radius 3 is 2.63 bits per heavy atom. The van der Waals surface area contributed by atoms with Crippen LogP contribution in [0.3, 0.4) is 0 Å². The van der Waals surface area contributed by atoms with E-state index in [4.69, 9.17) is 0 Å². The second kappa shape index (κ2) is 5.81. The molecule has 6 nitrogen and oxygen atoms in total. The van der Waals surface area contributed by atoms with E-state index in [1.807, 2.05) is 0 Å². The number of carbonyl (C=O) groups excluding carboxylic acids is 3. The van der Waals surface area contributed by atoms with E-state index in [1.165, 1.54) is 11.1 Å². The molecule has 1 aromatic carbocycles. The molecule has 0 aromatic heterocycles. The molecule has 1 saturated heterocycles. The zero-order chi connectivity index (χ0) is 13.7. The Balaban J connectivity index is 1.89. The Labute approximate surface area is 109 Å². The number of ether oxygens (including phenoxy) is 1. The van der Waals surface area contributed by atoms with Crippen LogP contribution >= 0.6 is 0 Å². The van der Waals surface area contributed by atoms with E-state index in [1.54, 1.807) is 30.3 Å². The molecular weight excluding hydrogens is 248 g/mol. The van der Waals surface area contributed by atoms with Gasteiger partial charge in [-0.05, 0) is 12.1 Å². The van der Waals surface area contributed by atoms with E-state index in [9.17, 15) is 14.4 Å². The van der Waals surface area contributed by atoms with Crippen LogP contribution in [0.5, 0.6) is 0 Å². The number of hydrogen-bond acceptors (Lipinski definition) is 4. The molecule has 1 aromatic rings. The summed E-state index contributed by atoms with van der Waals surface area (Å²) >= 11 is 0. The molecule has 2 rings (SSSR count). The van der Waals surface area contributed by atoms with Gasteiger partial charge in [-0.3, -0.25) is 19.8 Å². The van der Waals surface area contributed by atoms with E-state index >= 15 is 0 Å². The van der Waals surface area contributed by atoms with Crippen molar-refractivity contribution in [1.82, 2.24) is 10.2 Å². The summed E-state index contributed by atoms with van der Waals surface area (Å²) < 4.78 is 4.69. The highest BCUT2D eigenvalue weighted by molar-refractivity contribution is 6.07. The van der Waals surface area contributed by atoms with Crippen molar-refractivity contribution in [3.63, 3.8) is 0 Å². The van der Waals surface area contributed by atoms with E-state index < -0.39 is 17.9 Å². The Morgan fingerprint density at radius 1 is 1.26 bits per heavy atom. The van der Waals surface area contributed by atoms with Crippen molar-refractivity contribution >= 4 is 17.9 Å². The highest BCUT2D eigenvalue weighted by atomic mass is 16.6. The van der Waals surface area contributed by atoms with E-state index in [0.29, 0.717) is 18.7 Å². The van der Waals surface area contributed by atoms with E-state index in [0.717, 1.165) is 6.08 Å². The molecule has 0 unspecified atom stereocenters. The monoisotopic (exact) mass is 260 g/mol. The summed E-state index contributed by atoms with van der Waals surface area (Å²) in [6, 6.07) is 8.39. The topological polar surface area (TPSA) is 75.7 Å². The van der Waals surface area contributed by atoms with Gasteiger partial charge in [0.05, 0.1) is 6.54 Å². The number of benzene rings is 1. The molecule has 1 fully saturated rings. The third-order valence-corrected chi connectivity index (χ3v) is 2.47. The molecule has 0 aliphatic carbocycles. The number of nitrogens with one attached hydrogen (secondary N) is 1. The number of hydrogen-bond donors (Lipinski definition) is 1. The molecule has 98 valence electrons. The normalized spacial score (nSPS) is 14.5. The van der Waals surface area contributed by atoms with Gasteiger partial charge < -0.3 is 4.74 Å². The van der Waals surface area contributed by atoms with Crippen molar-refractivity contribution in [1.29, 1.82) is 0 Å². The van der Waals surface area contributed by atoms with Gasteiger partial charge in [-0.2, -0.15) is 0 Å². The molecule has 1 heterocycles. The van der Waals surface area contributed by atoms with Crippen molar-refractivity contribution in [3.8, 4) is 0 Å². The van der Waals surface area contributed by atoms with Gasteiger partial charge >= 0.3 is 6.09 Å². The van der Waals surface area contributed by atoms with Crippen LogP contribution in [-0.4, -0.2) is 36.0 Å². The van der Waals surface area contributed by atoms with Gasteiger partial charge in [0.25, 0.3) is 11.8 Å². The molecule has 6 heteroatoms. The lowest BCUT2D eigenvalue weighted by molar-refractivity contribution is -0.115. The van der Waals surface area contributed by atoms with Gasteiger partial charge in [0.15, 0.2) is 0 Å². The van der Waals surface area contributed by atoms with E-state index in [-0.39, 0.29) is 0 Å². The predicted octanol–water partition coefficient (Wildman–Crippen LogP) is 0.909. The van der Waals surface area contributed by atoms with Crippen LogP contribution in [0.1, 0.15) is 10.4 Å². The Bertz CT molecular complexity index is 525. The lowest BCUT2D eigenvalue weighted by Crippen LogP contribution is -2.29. The van der Waals surface area contributed by atoms with Crippen molar-refractivity contribution < 1.29 is 19.1 Å². The molecule has 0 radical (unpaired) electrons. The summed E-state index contributed by atoms with van der Waals surface area (Å²) in [5.74, 6) is -1.08. The van der Waals surface area contributed by atoms with Gasteiger partial charge in [0.1, 0.15) is 6.61 Å². The van der Waals surface area contributed by atoms with Gasteiger partial charge in [-0.15, -0.1) is 0 Å². The standard InChI is InChI=1S/C13H12N2O4/c16-11(6-7-15-8-9-19-13(15)18)14-12(17)10-4-2-1-3-5-10/h1-7H,8-9H2,(H,14,16,17)/b7-6+. The van der Waals surface area contributed by atoms with Crippen molar-refractivity contribution in [2.24, 2.45) is 0 Å². The number of amides is 3. The third kappa shape index (κ3) is 3.41. The Hall–Kier alpha value is -2.63. The molecule has 19 heavy (non-hydrogen) atoms. The number of imide groups is 1. The molecule has 1 aliphatic heterocycles. The minimum absolute atomic E-state index is 0.299.